The Bertz CT molecular complexity index is 741. The first-order valence-corrected chi connectivity index (χ1v) is 6.88. The lowest BCUT2D eigenvalue weighted by Gasteiger charge is -2.01. The summed E-state index contributed by atoms with van der Waals surface area (Å²) in [7, 11) is 0. The Morgan fingerprint density at radius 2 is 2.05 bits per heavy atom. The first-order valence-electron chi connectivity index (χ1n) is 6.88. The summed E-state index contributed by atoms with van der Waals surface area (Å²) in [6, 6.07) is 11.1. The lowest BCUT2D eigenvalue weighted by Crippen LogP contribution is -2.26. The van der Waals surface area contributed by atoms with Crippen LogP contribution >= 0.6 is 0 Å². The van der Waals surface area contributed by atoms with Gasteiger partial charge in [-0.05, 0) is 0 Å². The average Bonchev–Trinajstić information content (AvgIpc) is 3.07. The SMILES string of the molecule is O=C(NCCc1cnccn1)c1cc(-c2ccccc2)on1. The highest BCUT2D eigenvalue weighted by atomic mass is 16.5. The van der Waals surface area contributed by atoms with E-state index in [9.17, 15) is 4.79 Å². The third-order valence-electron chi connectivity index (χ3n) is 3.08. The summed E-state index contributed by atoms with van der Waals surface area (Å²) >= 11 is 0. The summed E-state index contributed by atoms with van der Waals surface area (Å²) in [6.07, 6.45) is 5.53. The number of carbonyl (C=O) groups excluding carboxylic acids is 1. The van der Waals surface area contributed by atoms with Crippen LogP contribution in [0.4, 0.5) is 0 Å². The Hall–Kier alpha value is -3.02. The molecular formula is C16H14N4O2. The Kier molecular flexibility index (Phi) is 4.20. The molecule has 0 unspecified atom stereocenters. The van der Waals surface area contributed by atoms with Crippen LogP contribution in [0.15, 0.2) is 59.5 Å². The van der Waals surface area contributed by atoms with E-state index in [0.717, 1.165) is 11.3 Å². The molecule has 110 valence electrons. The van der Waals surface area contributed by atoms with Crippen LogP contribution < -0.4 is 5.32 Å². The van der Waals surface area contributed by atoms with Crippen molar-refractivity contribution >= 4 is 5.91 Å². The van der Waals surface area contributed by atoms with Crippen LogP contribution in [-0.2, 0) is 6.42 Å². The Labute approximate surface area is 127 Å². The Morgan fingerprint density at radius 1 is 1.18 bits per heavy atom. The molecular weight excluding hydrogens is 280 g/mol. The van der Waals surface area contributed by atoms with Gasteiger partial charge in [0.15, 0.2) is 11.5 Å². The second-order valence-corrected chi connectivity index (χ2v) is 4.65. The number of aromatic nitrogens is 3. The van der Waals surface area contributed by atoms with Gasteiger partial charge in [0.05, 0.1) is 5.69 Å². The van der Waals surface area contributed by atoms with Gasteiger partial charge < -0.3 is 9.84 Å². The predicted octanol–water partition coefficient (Wildman–Crippen LogP) is 2.10. The van der Waals surface area contributed by atoms with Crippen LogP contribution in [-0.4, -0.2) is 27.6 Å². The molecule has 0 bridgehead atoms. The van der Waals surface area contributed by atoms with Gasteiger partial charge in [-0.25, -0.2) is 0 Å². The van der Waals surface area contributed by atoms with Gasteiger partial charge in [-0.3, -0.25) is 14.8 Å². The molecule has 0 aliphatic carbocycles. The van der Waals surface area contributed by atoms with E-state index in [-0.39, 0.29) is 11.6 Å². The minimum atomic E-state index is -0.269. The number of nitrogens with zero attached hydrogens (tertiary/aromatic N) is 3. The summed E-state index contributed by atoms with van der Waals surface area (Å²) in [5.74, 6) is 0.300. The maximum absolute atomic E-state index is 12.0. The highest BCUT2D eigenvalue weighted by Gasteiger charge is 2.13. The molecule has 1 N–H and O–H groups in total. The summed E-state index contributed by atoms with van der Waals surface area (Å²) in [6.45, 7) is 0.463. The van der Waals surface area contributed by atoms with Crippen LogP contribution in [0, 0.1) is 0 Å². The second kappa shape index (κ2) is 6.62. The van der Waals surface area contributed by atoms with Crippen molar-refractivity contribution in [3.8, 4) is 11.3 Å². The first kappa shape index (κ1) is 13.9. The summed E-state index contributed by atoms with van der Waals surface area (Å²) < 4.78 is 5.20. The molecule has 3 rings (SSSR count). The lowest BCUT2D eigenvalue weighted by molar-refractivity contribution is 0.0945. The highest BCUT2D eigenvalue weighted by Crippen LogP contribution is 2.19. The molecule has 0 saturated carbocycles. The molecule has 1 amide bonds. The number of benzene rings is 1. The third-order valence-corrected chi connectivity index (χ3v) is 3.08. The lowest BCUT2D eigenvalue weighted by atomic mass is 10.1. The smallest absolute Gasteiger partial charge is 0.273 e. The van der Waals surface area contributed by atoms with E-state index in [1.54, 1.807) is 24.7 Å². The van der Waals surface area contributed by atoms with Gasteiger partial charge in [-0.1, -0.05) is 35.5 Å². The number of carbonyl (C=O) groups is 1. The van der Waals surface area contributed by atoms with Crippen molar-refractivity contribution in [2.75, 3.05) is 6.54 Å². The van der Waals surface area contributed by atoms with E-state index in [0.29, 0.717) is 18.7 Å². The zero-order valence-corrected chi connectivity index (χ0v) is 11.8. The monoisotopic (exact) mass is 294 g/mol. The van der Waals surface area contributed by atoms with E-state index in [1.807, 2.05) is 30.3 Å². The molecule has 6 nitrogen and oxygen atoms in total. The number of rotatable bonds is 5. The molecule has 0 spiro atoms. The van der Waals surface area contributed by atoms with Crippen LogP contribution in [0.2, 0.25) is 0 Å². The van der Waals surface area contributed by atoms with Crippen molar-refractivity contribution in [3.05, 3.63) is 66.4 Å². The van der Waals surface area contributed by atoms with Gasteiger partial charge in [-0.15, -0.1) is 0 Å². The number of hydrogen-bond donors (Lipinski definition) is 1. The zero-order chi connectivity index (χ0) is 15.2. The second-order valence-electron chi connectivity index (χ2n) is 4.65. The summed E-state index contributed by atoms with van der Waals surface area (Å²) in [5, 5.41) is 6.59. The third kappa shape index (κ3) is 3.35. The van der Waals surface area contributed by atoms with E-state index < -0.39 is 0 Å². The normalized spacial score (nSPS) is 10.4. The largest absolute Gasteiger partial charge is 0.355 e. The van der Waals surface area contributed by atoms with Crippen molar-refractivity contribution in [1.82, 2.24) is 20.4 Å². The van der Waals surface area contributed by atoms with Gasteiger partial charge in [0, 0.05) is 43.2 Å². The molecule has 3 aromatic rings. The van der Waals surface area contributed by atoms with E-state index in [2.05, 4.69) is 20.4 Å². The average molecular weight is 294 g/mol. The van der Waals surface area contributed by atoms with Gasteiger partial charge in [0.2, 0.25) is 0 Å². The standard InChI is InChI=1S/C16H14N4O2/c21-16(19-7-6-13-11-17-8-9-18-13)14-10-15(22-20-14)12-4-2-1-3-5-12/h1-5,8-11H,6-7H2,(H,19,21). The maximum Gasteiger partial charge on any atom is 0.273 e. The van der Waals surface area contributed by atoms with Crippen LogP contribution in [0.25, 0.3) is 11.3 Å². The molecule has 6 heteroatoms. The van der Waals surface area contributed by atoms with Crippen LogP contribution in [0.5, 0.6) is 0 Å². The molecule has 0 radical (unpaired) electrons. The van der Waals surface area contributed by atoms with Gasteiger partial charge in [0.1, 0.15) is 0 Å². The van der Waals surface area contributed by atoms with Gasteiger partial charge >= 0.3 is 0 Å². The van der Waals surface area contributed by atoms with Crippen molar-refractivity contribution < 1.29 is 9.32 Å². The number of nitrogens with one attached hydrogen (secondary N) is 1. The number of hydrogen-bond acceptors (Lipinski definition) is 5. The van der Waals surface area contributed by atoms with Gasteiger partial charge in [0.25, 0.3) is 5.91 Å². The number of amides is 1. The van der Waals surface area contributed by atoms with Gasteiger partial charge in [-0.2, -0.15) is 0 Å². The molecule has 0 aliphatic heterocycles. The highest BCUT2D eigenvalue weighted by molar-refractivity contribution is 5.93. The molecule has 0 fully saturated rings. The molecule has 2 aromatic heterocycles. The predicted molar refractivity (Wildman–Crippen MR) is 80.0 cm³/mol. The fourth-order valence-corrected chi connectivity index (χ4v) is 1.97. The quantitative estimate of drug-likeness (QED) is 0.779. The van der Waals surface area contributed by atoms with E-state index in [4.69, 9.17) is 4.52 Å². The maximum atomic E-state index is 12.0. The Morgan fingerprint density at radius 3 is 2.82 bits per heavy atom. The molecule has 0 saturated heterocycles. The minimum absolute atomic E-state index is 0.262. The van der Waals surface area contributed by atoms with Crippen molar-refractivity contribution in [2.24, 2.45) is 0 Å². The molecule has 2 heterocycles. The first-order chi connectivity index (χ1) is 10.8. The Balaban J connectivity index is 1.58. The molecule has 0 aliphatic rings. The fraction of sp³-hybridized carbons (Fsp3) is 0.125. The fourth-order valence-electron chi connectivity index (χ4n) is 1.97. The zero-order valence-electron chi connectivity index (χ0n) is 11.8. The van der Waals surface area contributed by atoms with Crippen molar-refractivity contribution in [3.63, 3.8) is 0 Å². The molecule has 0 atom stereocenters. The van der Waals surface area contributed by atoms with Crippen LogP contribution in [0.3, 0.4) is 0 Å². The summed E-state index contributed by atoms with van der Waals surface area (Å²) in [4.78, 5) is 20.1. The molecule has 1 aromatic carbocycles. The topological polar surface area (TPSA) is 80.9 Å². The van der Waals surface area contributed by atoms with E-state index in [1.165, 1.54) is 0 Å². The minimum Gasteiger partial charge on any atom is -0.355 e. The van der Waals surface area contributed by atoms with E-state index >= 15 is 0 Å². The van der Waals surface area contributed by atoms with Crippen molar-refractivity contribution in [2.45, 2.75) is 6.42 Å². The van der Waals surface area contributed by atoms with Crippen molar-refractivity contribution in [1.29, 1.82) is 0 Å². The van der Waals surface area contributed by atoms with Crippen LogP contribution in [0.1, 0.15) is 16.2 Å². The summed E-state index contributed by atoms with van der Waals surface area (Å²) in [5.41, 5.74) is 1.97. The molecule has 22 heavy (non-hydrogen) atoms.